The third-order valence-electron chi connectivity index (χ3n) is 2.45. The fourth-order valence-electron chi connectivity index (χ4n) is 1.29. The van der Waals surface area contributed by atoms with Gasteiger partial charge in [0.25, 0.3) is 0 Å². The second kappa shape index (κ2) is 7.50. The Labute approximate surface area is 103 Å². The van der Waals surface area contributed by atoms with Crippen LogP contribution in [-0.4, -0.2) is 42.2 Å². The molecule has 0 saturated carbocycles. The van der Waals surface area contributed by atoms with Gasteiger partial charge in [-0.05, 0) is 26.6 Å². The smallest absolute Gasteiger partial charge is 0.289 e. The first kappa shape index (κ1) is 16.2. The second-order valence-electron chi connectivity index (χ2n) is 3.48. The molecular formula is C10H18F3NS2. The Balaban J connectivity index is 4.48. The molecule has 2 unspecified atom stereocenters. The quantitative estimate of drug-likeness (QED) is 0.394. The zero-order chi connectivity index (χ0) is 12.8. The average Bonchev–Trinajstić information content (AvgIpc) is 2.20. The number of nitrogens with zero attached hydrogens (tertiary/aromatic N) is 1. The molecule has 0 aliphatic heterocycles. The molecule has 96 valence electrons. The third-order valence-corrected chi connectivity index (χ3v) is 4.29. The van der Waals surface area contributed by atoms with Crippen molar-refractivity contribution >= 4 is 21.6 Å². The summed E-state index contributed by atoms with van der Waals surface area (Å²) in [7, 11) is 4.44. The van der Waals surface area contributed by atoms with Gasteiger partial charge in [-0.25, -0.2) is 0 Å². The van der Waals surface area contributed by atoms with Crippen molar-refractivity contribution < 1.29 is 13.2 Å². The molecule has 0 fully saturated rings. The van der Waals surface area contributed by atoms with Crippen molar-refractivity contribution in [1.29, 1.82) is 0 Å². The van der Waals surface area contributed by atoms with Gasteiger partial charge in [0.15, 0.2) is 0 Å². The van der Waals surface area contributed by atoms with E-state index in [-0.39, 0.29) is 12.5 Å². The van der Waals surface area contributed by atoms with Gasteiger partial charge in [-0.2, -0.15) is 13.2 Å². The van der Waals surface area contributed by atoms with Crippen molar-refractivity contribution in [3.05, 3.63) is 12.7 Å². The average molecular weight is 273 g/mol. The molecule has 16 heavy (non-hydrogen) atoms. The molecule has 2 atom stereocenters. The van der Waals surface area contributed by atoms with E-state index in [1.807, 2.05) is 6.26 Å². The van der Waals surface area contributed by atoms with Gasteiger partial charge in [-0.1, -0.05) is 27.7 Å². The maximum atomic E-state index is 12.8. The predicted octanol–water partition coefficient (Wildman–Crippen LogP) is 3.82. The number of alkyl halides is 3. The Morgan fingerprint density at radius 3 is 2.38 bits per heavy atom. The molecule has 0 rings (SSSR count). The Hall–Kier alpha value is 0.190. The van der Waals surface area contributed by atoms with Crippen molar-refractivity contribution in [3.8, 4) is 0 Å². The van der Waals surface area contributed by atoms with Crippen molar-refractivity contribution in [3.63, 3.8) is 0 Å². The number of likely N-dealkylation sites (N-methyl/N-ethyl adjacent to an activating group) is 1. The van der Waals surface area contributed by atoms with Crippen molar-refractivity contribution in [2.75, 3.05) is 19.1 Å². The van der Waals surface area contributed by atoms with Crippen LogP contribution in [0.25, 0.3) is 0 Å². The van der Waals surface area contributed by atoms with Crippen LogP contribution in [0.4, 0.5) is 13.2 Å². The van der Waals surface area contributed by atoms with E-state index in [9.17, 15) is 13.2 Å². The maximum Gasteiger partial charge on any atom is 0.404 e. The Bertz CT molecular complexity index is 209. The van der Waals surface area contributed by atoms with E-state index < -0.39 is 12.2 Å². The van der Waals surface area contributed by atoms with Gasteiger partial charge in [-0.15, -0.1) is 6.58 Å². The lowest BCUT2D eigenvalue weighted by Gasteiger charge is -2.33. The van der Waals surface area contributed by atoms with Gasteiger partial charge >= 0.3 is 6.18 Å². The molecule has 0 aliphatic rings. The zero-order valence-electron chi connectivity index (χ0n) is 9.75. The molecule has 0 spiro atoms. The topological polar surface area (TPSA) is 3.24 Å². The summed E-state index contributed by atoms with van der Waals surface area (Å²) in [6, 6.07) is -1.66. The fraction of sp³-hybridized carbons (Fsp3) is 0.800. The highest BCUT2D eigenvalue weighted by molar-refractivity contribution is 8.76. The van der Waals surface area contributed by atoms with Crippen LogP contribution in [0.1, 0.15) is 13.3 Å². The third kappa shape index (κ3) is 5.50. The highest BCUT2D eigenvalue weighted by atomic mass is 33.1. The lowest BCUT2D eigenvalue weighted by molar-refractivity contribution is -0.183. The zero-order valence-corrected chi connectivity index (χ0v) is 11.4. The normalized spacial score (nSPS) is 16.2. The van der Waals surface area contributed by atoms with Gasteiger partial charge in [0.1, 0.15) is 6.04 Å². The summed E-state index contributed by atoms with van der Waals surface area (Å²) in [6.45, 7) is 5.24. The van der Waals surface area contributed by atoms with Crippen LogP contribution in [0, 0.1) is 0 Å². The van der Waals surface area contributed by atoms with Gasteiger partial charge in [0, 0.05) is 11.8 Å². The number of hydrogen-bond donors (Lipinski definition) is 0. The summed E-state index contributed by atoms with van der Waals surface area (Å²) in [4.78, 5) is 1.33. The SMILES string of the molecule is C=CC(C)N(C)C(CCSSC)C(F)(F)F. The Morgan fingerprint density at radius 1 is 1.44 bits per heavy atom. The Morgan fingerprint density at radius 2 is 2.00 bits per heavy atom. The highest BCUT2D eigenvalue weighted by Gasteiger charge is 2.42. The molecule has 0 amide bonds. The minimum Gasteiger partial charge on any atom is -0.289 e. The van der Waals surface area contributed by atoms with Crippen LogP contribution in [0.15, 0.2) is 12.7 Å². The largest absolute Gasteiger partial charge is 0.404 e. The number of halogens is 3. The molecule has 0 bridgehead atoms. The van der Waals surface area contributed by atoms with Gasteiger partial charge in [-0.3, -0.25) is 4.90 Å². The minimum absolute atomic E-state index is 0.115. The molecule has 6 heteroatoms. The van der Waals surface area contributed by atoms with E-state index in [4.69, 9.17) is 0 Å². The molecule has 0 aromatic carbocycles. The summed E-state index contributed by atoms with van der Waals surface area (Å²) in [5.41, 5.74) is 0. The summed E-state index contributed by atoms with van der Waals surface area (Å²) in [6.07, 6.45) is -0.668. The van der Waals surface area contributed by atoms with E-state index in [0.717, 1.165) is 0 Å². The first-order valence-corrected chi connectivity index (χ1v) is 7.64. The van der Waals surface area contributed by atoms with Crippen molar-refractivity contribution in [2.24, 2.45) is 0 Å². The van der Waals surface area contributed by atoms with E-state index in [1.165, 1.54) is 39.6 Å². The first-order valence-electron chi connectivity index (χ1n) is 4.91. The van der Waals surface area contributed by atoms with Crippen LogP contribution < -0.4 is 0 Å². The van der Waals surface area contributed by atoms with Crippen LogP contribution in [0.2, 0.25) is 0 Å². The summed E-state index contributed by atoms with van der Waals surface area (Å²) < 4.78 is 38.4. The van der Waals surface area contributed by atoms with E-state index in [2.05, 4.69) is 6.58 Å². The van der Waals surface area contributed by atoms with Crippen LogP contribution in [0.3, 0.4) is 0 Å². The summed E-state index contributed by atoms with van der Waals surface area (Å²) in [5.74, 6) is 0.500. The molecule has 0 heterocycles. The van der Waals surface area contributed by atoms with Crippen LogP contribution >= 0.6 is 21.6 Å². The lowest BCUT2D eigenvalue weighted by atomic mass is 10.1. The molecule has 0 aliphatic carbocycles. The van der Waals surface area contributed by atoms with Gasteiger partial charge < -0.3 is 0 Å². The standard InChI is InChI=1S/C10H18F3NS2/c1-5-8(2)14(3)9(10(11,12)13)6-7-16-15-4/h5,8-9H,1,6-7H2,2-4H3. The second-order valence-corrected chi connectivity index (χ2v) is 6.16. The van der Waals surface area contributed by atoms with E-state index in [1.54, 1.807) is 6.92 Å². The molecule has 1 nitrogen and oxygen atoms in total. The fourth-order valence-corrected chi connectivity index (χ4v) is 2.57. The van der Waals surface area contributed by atoms with Gasteiger partial charge in [0.05, 0.1) is 0 Å². The number of hydrogen-bond acceptors (Lipinski definition) is 3. The molecule has 0 aromatic heterocycles. The van der Waals surface area contributed by atoms with Gasteiger partial charge in [0.2, 0.25) is 0 Å². The highest BCUT2D eigenvalue weighted by Crippen LogP contribution is 2.30. The minimum atomic E-state index is -4.18. The molecule has 0 radical (unpaired) electrons. The molecule has 0 aromatic rings. The van der Waals surface area contributed by atoms with Crippen LogP contribution in [-0.2, 0) is 0 Å². The number of rotatable bonds is 7. The summed E-state index contributed by atoms with van der Waals surface area (Å²) >= 11 is 0. The van der Waals surface area contributed by atoms with Crippen molar-refractivity contribution in [2.45, 2.75) is 31.6 Å². The molecule has 0 saturated heterocycles. The van der Waals surface area contributed by atoms with Crippen molar-refractivity contribution in [1.82, 2.24) is 4.90 Å². The summed E-state index contributed by atoms with van der Waals surface area (Å²) in [5, 5.41) is 0. The monoisotopic (exact) mass is 273 g/mol. The molecular weight excluding hydrogens is 255 g/mol. The van der Waals surface area contributed by atoms with Crippen LogP contribution in [0.5, 0.6) is 0 Å². The first-order chi connectivity index (χ1) is 7.34. The maximum absolute atomic E-state index is 12.8. The Kier molecular flexibility index (Phi) is 7.59. The van der Waals surface area contributed by atoms with E-state index >= 15 is 0 Å². The molecule has 0 N–H and O–H groups in total. The predicted molar refractivity (Wildman–Crippen MR) is 67.9 cm³/mol. The van der Waals surface area contributed by atoms with E-state index in [0.29, 0.717) is 5.75 Å². The lowest BCUT2D eigenvalue weighted by Crippen LogP contribution is -2.47.